The zero-order valence-corrected chi connectivity index (χ0v) is 11.6. The molecule has 0 fully saturated rings. The molecule has 3 N–H and O–H groups in total. The number of carbonyl (C=O) groups is 2. The van der Waals surface area contributed by atoms with Gasteiger partial charge >= 0.3 is 0 Å². The maximum atomic E-state index is 12.0. The van der Waals surface area contributed by atoms with Crippen molar-refractivity contribution < 1.29 is 9.59 Å². The first-order chi connectivity index (χ1) is 9.47. The van der Waals surface area contributed by atoms with Gasteiger partial charge in [-0.25, -0.2) is 4.98 Å². The first kappa shape index (κ1) is 14.3. The molecular formula is C13H9Cl2N3O2. The van der Waals surface area contributed by atoms with Crippen molar-refractivity contribution in [3.8, 4) is 0 Å². The third kappa shape index (κ3) is 3.26. The van der Waals surface area contributed by atoms with Crippen LogP contribution in [0.3, 0.4) is 0 Å². The third-order valence-electron chi connectivity index (χ3n) is 2.44. The molecule has 7 heteroatoms. The SMILES string of the molecule is NC(=O)c1ncc(Cl)cc1NC(=O)c1ccc(Cl)cc1. The minimum atomic E-state index is -0.756. The summed E-state index contributed by atoms with van der Waals surface area (Å²) in [5.74, 6) is -1.18. The van der Waals surface area contributed by atoms with E-state index in [0.29, 0.717) is 10.6 Å². The fourth-order valence-corrected chi connectivity index (χ4v) is 1.81. The number of hydrogen-bond acceptors (Lipinski definition) is 3. The molecule has 5 nitrogen and oxygen atoms in total. The number of hydrogen-bond donors (Lipinski definition) is 2. The van der Waals surface area contributed by atoms with Gasteiger partial charge in [-0.2, -0.15) is 0 Å². The molecule has 0 saturated heterocycles. The Balaban J connectivity index is 2.29. The van der Waals surface area contributed by atoms with Crippen LogP contribution in [0.4, 0.5) is 5.69 Å². The Morgan fingerprint density at radius 2 is 1.75 bits per heavy atom. The highest BCUT2D eigenvalue weighted by atomic mass is 35.5. The normalized spacial score (nSPS) is 10.1. The Morgan fingerprint density at radius 3 is 2.35 bits per heavy atom. The highest BCUT2D eigenvalue weighted by molar-refractivity contribution is 6.31. The van der Waals surface area contributed by atoms with Gasteiger partial charge in [0.05, 0.1) is 10.7 Å². The van der Waals surface area contributed by atoms with Crippen LogP contribution in [-0.2, 0) is 0 Å². The zero-order chi connectivity index (χ0) is 14.7. The predicted octanol–water partition coefficient (Wildman–Crippen LogP) is 2.74. The third-order valence-corrected chi connectivity index (χ3v) is 2.90. The number of nitrogens with two attached hydrogens (primary N) is 1. The molecule has 20 heavy (non-hydrogen) atoms. The molecule has 2 amide bonds. The summed E-state index contributed by atoms with van der Waals surface area (Å²) in [6, 6.07) is 7.69. The van der Waals surface area contributed by atoms with Crippen molar-refractivity contribution in [3.05, 3.63) is 57.8 Å². The molecule has 0 saturated carbocycles. The molecule has 0 radical (unpaired) electrons. The fourth-order valence-electron chi connectivity index (χ4n) is 1.53. The summed E-state index contributed by atoms with van der Waals surface area (Å²) in [4.78, 5) is 27.1. The highest BCUT2D eigenvalue weighted by Gasteiger charge is 2.14. The van der Waals surface area contributed by atoms with E-state index in [1.807, 2.05) is 0 Å². The number of carbonyl (C=O) groups excluding carboxylic acids is 2. The van der Waals surface area contributed by atoms with Gasteiger partial charge < -0.3 is 11.1 Å². The van der Waals surface area contributed by atoms with E-state index in [2.05, 4.69) is 10.3 Å². The molecule has 1 heterocycles. The molecule has 0 spiro atoms. The minimum absolute atomic E-state index is 0.0586. The number of primary amides is 1. The van der Waals surface area contributed by atoms with Crippen LogP contribution in [-0.4, -0.2) is 16.8 Å². The molecule has 0 unspecified atom stereocenters. The lowest BCUT2D eigenvalue weighted by Gasteiger charge is -2.08. The molecule has 1 aromatic carbocycles. The van der Waals surface area contributed by atoms with Gasteiger partial charge in [-0.15, -0.1) is 0 Å². The summed E-state index contributed by atoms with van der Waals surface area (Å²) in [5, 5.41) is 3.34. The van der Waals surface area contributed by atoms with Gasteiger partial charge in [0.25, 0.3) is 11.8 Å². The van der Waals surface area contributed by atoms with Crippen molar-refractivity contribution in [1.29, 1.82) is 0 Å². The second-order valence-corrected chi connectivity index (χ2v) is 4.75. The smallest absolute Gasteiger partial charge is 0.269 e. The number of anilines is 1. The van der Waals surface area contributed by atoms with E-state index >= 15 is 0 Å². The van der Waals surface area contributed by atoms with Crippen LogP contribution in [0, 0.1) is 0 Å². The molecule has 2 aromatic rings. The van der Waals surface area contributed by atoms with Crippen LogP contribution in [0.5, 0.6) is 0 Å². The summed E-state index contributed by atoms with van der Waals surface area (Å²) in [7, 11) is 0. The average Bonchev–Trinajstić information content (AvgIpc) is 2.39. The average molecular weight is 310 g/mol. The van der Waals surface area contributed by atoms with Crippen molar-refractivity contribution in [2.45, 2.75) is 0 Å². The zero-order valence-electron chi connectivity index (χ0n) is 10.1. The van der Waals surface area contributed by atoms with Crippen molar-refractivity contribution in [3.63, 3.8) is 0 Å². The minimum Gasteiger partial charge on any atom is -0.364 e. The number of pyridine rings is 1. The Kier molecular flexibility index (Phi) is 4.22. The van der Waals surface area contributed by atoms with Gasteiger partial charge in [0.15, 0.2) is 5.69 Å². The monoisotopic (exact) mass is 309 g/mol. The van der Waals surface area contributed by atoms with E-state index in [9.17, 15) is 9.59 Å². The summed E-state index contributed by atoms with van der Waals surface area (Å²) in [6.45, 7) is 0. The first-order valence-electron chi connectivity index (χ1n) is 5.49. The van der Waals surface area contributed by atoms with Crippen molar-refractivity contribution in [1.82, 2.24) is 4.98 Å². The lowest BCUT2D eigenvalue weighted by Crippen LogP contribution is -2.19. The number of halogens is 2. The van der Waals surface area contributed by atoms with Gasteiger partial charge in [-0.3, -0.25) is 9.59 Å². The molecule has 0 bridgehead atoms. The molecule has 0 aliphatic heterocycles. The molecule has 102 valence electrons. The Labute approximate surface area is 124 Å². The summed E-state index contributed by atoms with van der Waals surface area (Å²) < 4.78 is 0. The number of nitrogens with one attached hydrogen (secondary N) is 1. The maximum absolute atomic E-state index is 12.0. The van der Waals surface area contributed by atoms with E-state index in [1.165, 1.54) is 12.3 Å². The number of amides is 2. The summed E-state index contributed by atoms with van der Waals surface area (Å²) >= 11 is 11.5. The van der Waals surface area contributed by atoms with Crippen LogP contribution >= 0.6 is 23.2 Å². The Morgan fingerprint density at radius 1 is 1.10 bits per heavy atom. The van der Waals surface area contributed by atoms with Gasteiger partial charge in [0, 0.05) is 16.8 Å². The largest absolute Gasteiger partial charge is 0.364 e. The van der Waals surface area contributed by atoms with E-state index in [0.717, 1.165) is 0 Å². The van der Waals surface area contributed by atoms with Gasteiger partial charge in [-0.1, -0.05) is 23.2 Å². The Bertz CT molecular complexity index is 672. The van der Waals surface area contributed by atoms with Crippen LogP contribution in [0.25, 0.3) is 0 Å². The van der Waals surface area contributed by atoms with E-state index < -0.39 is 11.8 Å². The van der Waals surface area contributed by atoms with Crippen LogP contribution in [0.1, 0.15) is 20.8 Å². The molecule has 2 rings (SSSR count). The number of nitrogens with zero attached hydrogens (tertiary/aromatic N) is 1. The molecule has 0 atom stereocenters. The number of benzene rings is 1. The van der Waals surface area contributed by atoms with Crippen molar-refractivity contribution in [2.75, 3.05) is 5.32 Å². The molecule has 0 aliphatic rings. The topological polar surface area (TPSA) is 85.1 Å². The van der Waals surface area contributed by atoms with Crippen molar-refractivity contribution in [2.24, 2.45) is 5.73 Å². The van der Waals surface area contributed by atoms with Crippen molar-refractivity contribution >= 4 is 40.7 Å². The van der Waals surface area contributed by atoms with E-state index in [1.54, 1.807) is 24.3 Å². The van der Waals surface area contributed by atoms with E-state index in [-0.39, 0.29) is 16.4 Å². The second-order valence-electron chi connectivity index (χ2n) is 3.87. The standard InChI is InChI=1S/C13H9Cl2N3O2/c14-8-3-1-7(2-4-8)13(20)18-10-5-9(15)6-17-11(10)12(16)19/h1-6H,(H2,16,19)(H,18,20). The quantitative estimate of drug-likeness (QED) is 0.914. The summed E-state index contributed by atoms with van der Waals surface area (Å²) in [5.41, 5.74) is 5.66. The van der Waals surface area contributed by atoms with Crippen LogP contribution in [0.15, 0.2) is 36.5 Å². The van der Waals surface area contributed by atoms with Crippen LogP contribution in [0.2, 0.25) is 10.0 Å². The van der Waals surface area contributed by atoms with E-state index in [4.69, 9.17) is 28.9 Å². The number of aromatic nitrogens is 1. The molecule has 0 aliphatic carbocycles. The maximum Gasteiger partial charge on any atom is 0.269 e. The van der Waals surface area contributed by atoms with Gasteiger partial charge in [-0.05, 0) is 30.3 Å². The molecular weight excluding hydrogens is 301 g/mol. The predicted molar refractivity (Wildman–Crippen MR) is 77.2 cm³/mol. The highest BCUT2D eigenvalue weighted by Crippen LogP contribution is 2.19. The lowest BCUT2D eigenvalue weighted by molar-refractivity contribution is 0.0996. The van der Waals surface area contributed by atoms with Gasteiger partial charge in [0.2, 0.25) is 0 Å². The van der Waals surface area contributed by atoms with Crippen LogP contribution < -0.4 is 11.1 Å². The van der Waals surface area contributed by atoms with Gasteiger partial charge in [0.1, 0.15) is 0 Å². The Hall–Kier alpha value is -2.11. The molecule has 1 aromatic heterocycles. The number of rotatable bonds is 3. The lowest BCUT2D eigenvalue weighted by atomic mass is 10.2. The summed E-state index contributed by atoms with van der Waals surface area (Å²) in [6.07, 6.45) is 1.28. The second kappa shape index (κ2) is 5.90. The first-order valence-corrected chi connectivity index (χ1v) is 6.25. The fraction of sp³-hybridized carbons (Fsp3) is 0.